The van der Waals surface area contributed by atoms with Crippen molar-refractivity contribution in [2.45, 2.75) is 4.90 Å². The number of nitrogens with zero attached hydrogens (tertiary/aromatic N) is 1. The van der Waals surface area contributed by atoms with Gasteiger partial charge < -0.3 is 9.84 Å². The molecule has 0 spiro atoms. The summed E-state index contributed by atoms with van der Waals surface area (Å²) in [6, 6.07) is 5.24. The van der Waals surface area contributed by atoms with E-state index in [-0.39, 0.29) is 23.5 Å². The number of carbonyl (C=O) groups is 2. The first-order chi connectivity index (χ1) is 10.4. The second-order valence-corrected chi connectivity index (χ2v) is 6.36. The van der Waals surface area contributed by atoms with Gasteiger partial charge in [0.1, 0.15) is 0 Å². The molecule has 0 saturated carbocycles. The van der Waals surface area contributed by atoms with Gasteiger partial charge in [-0.2, -0.15) is 4.31 Å². The molecule has 0 aliphatic carbocycles. The largest absolute Gasteiger partial charge is 0.464 e. The number of amides is 2. The lowest BCUT2D eigenvalue weighted by Gasteiger charge is -2.26. The van der Waals surface area contributed by atoms with E-state index in [2.05, 4.69) is 0 Å². The first-order valence-corrected chi connectivity index (χ1v) is 7.82. The summed E-state index contributed by atoms with van der Waals surface area (Å²) in [7, 11) is -3.62. The molecule has 1 fully saturated rings. The summed E-state index contributed by atoms with van der Waals surface area (Å²) in [6.45, 7) is 1.27. The molecule has 2 rings (SSSR count). The van der Waals surface area contributed by atoms with Gasteiger partial charge in [0, 0.05) is 18.7 Å². The Hall–Kier alpha value is -2.17. The van der Waals surface area contributed by atoms with Crippen LogP contribution in [0.1, 0.15) is 10.4 Å². The van der Waals surface area contributed by atoms with E-state index in [1.54, 1.807) is 5.43 Å². The molecule has 0 aromatic heterocycles. The Morgan fingerprint density at radius 2 is 1.68 bits per heavy atom. The Kier molecular flexibility index (Phi) is 4.96. The average molecular weight is 329 g/mol. The molecule has 1 aromatic rings. The van der Waals surface area contributed by atoms with Gasteiger partial charge in [0.05, 0.1) is 18.1 Å². The van der Waals surface area contributed by atoms with Gasteiger partial charge in [0.2, 0.25) is 10.0 Å². The number of rotatable bonds is 3. The fourth-order valence-corrected chi connectivity index (χ4v) is 3.30. The van der Waals surface area contributed by atoms with Crippen molar-refractivity contribution in [3.8, 4) is 0 Å². The maximum atomic E-state index is 12.4. The van der Waals surface area contributed by atoms with Crippen LogP contribution in [0.2, 0.25) is 0 Å². The summed E-state index contributed by atoms with van der Waals surface area (Å²) in [4.78, 5) is 21.9. The van der Waals surface area contributed by atoms with Crippen molar-refractivity contribution in [3.63, 3.8) is 0 Å². The maximum absolute atomic E-state index is 12.4. The smallest absolute Gasteiger partial charge is 0.423 e. The van der Waals surface area contributed by atoms with Gasteiger partial charge in [0.15, 0.2) is 0 Å². The minimum Gasteiger partial charge on any atom is -0.464 e. The number of hydrogen-bond donors (Lipinski definition) is 3. The summed E-state index contributed by atoms with van der Waals surface area (Å²) in [5.74, 6) is -0.683. The molecule has 0 unspecified atom stereocenters. The Morgan fingerprint density at radius 3 is 2.23 bits per heavy atom. The highest BCUT2D eigenvalue weighted by Crippen LogP contribution is 2.17. The van der Waals surface area contributed by atoms with Gasteiger partial charge in [-0.25, -0.2) is 18.6 Å². The summed E-state index contributed by atoms with van der Waals surface area (Å²) < 4.78 is 31.2. The number of carboxylic acid groups (broad SMARTS) is 1. The van der Waals surface area contributed by atoms with Crippen LogP contribution in [0, 0.1) is 0 Å². The van der Waals surface area contributed by atoms with Gasteiger partial charge in [-0.3, -0.25) is 10.2 Å². The second-order valence-electron chi connectivity index (χ2n) is 4.43. The van der Waals surface area contributed by atoms with Crippen LogP contribution in [0.4, 0.5) is 4.79 Å². The van der Waals surface area contributed by atoms with Gasteiger partial charge in [-0.05, 0) is 24.3 Å². The number of nitrogens with one attached hydrogen (secondary N) is 2. The molecule has 0 bridgehead atoms. The summed E-state index contributed by atoms with van der Waals surface area (Å²) in [5, 5.41) is 8.38. The molecule has 22 heavy (non-hydrogen) atoms. The standard InChI is InChI=1S/C12H15N3O6S/c16-11(13-14-12(17)18)9-1-3-10(4-2-9)22(19,20)15-5-7-21-8-6-15/h1-4,14H,5-8H2,(H,13,16)(H,17,18). The molecule has 2 amide bonds. The monoisotopic (exact) mass is 329 g/mol. The molecule has 1 saturated heterocycles. The zero-order valence-corrected chi connectivity index (χ0v) is 12.3. The third-order valence-corrected chi connectivity index (χ3v) is 4.92. The van der Waals surface area contributed by atoms with Gasteiger partial charge in [-0.15, -0.1) is 0 Å². The zero-order valence-electron chi connectivity index (χ0n) is 11.5. The van der Waals surface area contributed by atoms with Crippen LogP contribution < -0.4 is 10.9 Å². The number of sulfonamides is 1. The number of morpholine rings is 1. The van der Waals surface area contributed by atoms with Crippen LogP contribution in [0.15, 0.2) is 29.2 Å². The minimum absolute atomic E-state index is 0.0668. The van der Waals surface area contributed by atoms with Gasteiger partial charge in [-0.1, -0.05) is 0 Å². The highest BCUT2D eigenvalue weighted by molar-refractivity contribution is 7.89. The first kappa shape index (κ1) is 16.2. The van der Waals surface area contributed by atoms with Crippen molar-refractivity contribution in [2.75, 3.05) is 26.3 Å². The Morgan fingerprint density at radius 1 is 1.09 bits per heavy atom. The van der Waals surface area contributed by atoms with E-state index in [0.717, 1.165) is 0 Å². The predicted octanol–water partition coefficient (Wildman–Crippen LogP) is -0.380. The topological polar surface area (TPSA) is 125 Å². The molecule has 1 aliphatic heterocycles. The molecular weight excluding hydrogens is 314 g/mol. The first-order valence-electron chi connectivity index (χ1n) is 6.38. The molecule has 1 heterocycles. The van der Waals surface area contributed by atoms with Crippen LogP contribution in [0.5, 0.6) is 0 Å². The number of benzene rings is 1. The zero-order chi connectivity index (χ0) is 16.2. The lowest BCUT2D eigenvalue weighted by atomic mass is 10.2. The lowest BCUT2D eigenvalue weighted by Crippen LogP contribution is -2.41. The predicted molar refractivity (Wildman–Crippen MR) is 74.6 cm³/mol. The number of hydrogen-bond acceptors (Lipinski definition) is 5. The number of ether oxygens (including phenoxy) is 1. The van der Waals surface area contributed by atoms with E-state index in [9.17, 15) is 18.0 Å². The Balaban J connectivity index is 2.10. The third kappa shape index (κ3) is 3.72. The highest BCUT2D eigenvalue weighted by Gasteiger charge is 2.26. The molecule has 1 aliphatic rings. The molecule has 9 nitrogen and oxygen atoms in total. The fraction of sp³-hybridized carbons (Fsp3) is 0.333. The van der Waals surface area contributed by atoms with E-state index in [4.69, 9.17) is 9.84 Å². The van der Waals surface area contributed by atoms with Crippen LogP contribution in [-0.4, -0.2) is 56.1 Å². The Labute approximate surface area is 126 Å². The molecule has 0 radical (unpaired) electrons. The number of hydrazine groups is 1. The molecule has 0 atom stereocenters. The average Bonchev–Trinajstić information content (AvgIpc) is 2.53. The quantitative estimate of drug-likeness (QED) is 0.649. The normalized spacial score (nSPS) is 16.0. The maximum Gasteiger partial charge on any atom is 0.423 e. The van der Waals surface area contributed by atoms with Crippen LogP contribution in [0.25, 0.3) is 0 Å². The van der Waals surface area contributed by atoms with E-state index in [1.165, 1.54) is 28.6 Å². The molecule has 10 heteroatoms. The molecular formula is C12H15N3O6S. The molecule has 120 valence electrons. The SMILES string of the molecule is O=C(O)NNC(=O)c1ccc(S(=O)(=O)N2CCOCC2)cc1. The van der Waals surface area contributed by atoms with Crippen LogP contribution >= 0.6 is 0 Å². The van der Waals surface area contributed by atoms with E-state index in [0.29, 0.717) is 13.2 Å². The highest BCUT2D eigenvalue weighted by atomic mass is 32.2. The third-order valence-electron chi connectivity index (χ3n) is 3.01. The minimum atomic E-state index is -3.62. The van der Waals surface area contributed by atoms with Crippen molar-refractivity contribution in [1.82, 2.24) is 15.2 Å². The van der Waals surface area contributed by atoms with E-state index in [1.807, 2.05) is 5.43 Å². The van der Waals surface area contributed by atoms with Gasteiger partial charge >= 0.3 is 6.09 Å². The summed E-state index contributed by atoms with van der Waals surface area (Å²) >= 11 is 0. The van der Waals surface area contributed by atoms with Crippen molar-refractivity contribution in [1.29, 1.82) is 0 Å². The second kappa shape index (κ2) is 6.73. The van der Waals surface area contributed by atoms with E-state index >= 15 is 0 Å². The van der Waals surface area contributed by atoms with Crippen molar-refractivity contribution < 1.29 is 27.9 Å². The summed E-state index contributed by atoms with van der Waals surface area (Å²) in [6.07, 6.45) is -1.40. The van der Waals surface area contributed by atoms with Gasteiger partial charge in [0.25, 0.3) is 5.91 Å². The Bertz CT molecular complexity index is 652. The number of carbonyl (C=O) groups excluding carboxylic acids is 1. The van der Waals surface area contributed by atoms with Crippen molar-refractivity contribution in [3.05, 3.63) is 29.8 Å². The fourth-order valence-electron chi connectivity index (χ4n) is 1.90. The lowest BCUT2D eigenvalue weighted by molar-refractivity contribution is 0.0730. The van der Waals surface area contributed by atoms with Crippen molar-refractivity contribution in [2.24, 2.45) is 0 Å². The van der Waals surface area contributed by atoms with Crippen molar-refractivity contribution >= 4 is 22.0 Å². The summed E-state index contributed by atoms with van der Waals surface area (Å²) in [5.41, 5.74) is 3.81. The van der Waals surface area contributed by atoms with Crippen LogP contribution in [-0.2, 0) is 14.8 Å². The van der Waals surface area contributed by atoms with Crippen LogP contribution in [0.3, 0.4) is 0 Å². The molecule has 1 aromatic carbocycles. The van der Waals surface area contributed by atoms with E-state index < -0.39 is 22.0 Å². The molecule has 3 N–H and O–H groups in total.